The van der Waals surface area contributed by atoms with Crippen LogP contribution in [0.3, 0.4) is 0 Å². The van der Waals surface area contributed by atoms with Crippen LogP contribution in [-0.4, -0.2) is 30.8 Å². The van der Waals surface area contributed by atoms with Crippen LogP contribution in [0, 0.1) is 0 Å². The van der Waals surface area contributed by atoms with Gasteiger partial charge in [-0.15, -0.1) is 0 Å². The van der Waals surface area contributed by atoms with Crippen molar-refractivity contribution in [3.63, 3.8) is 0 Å². The summed E-state index contributed by atoms with van der Waals surface area (Å²) in [5, 5.41) is 15.5. The Bertz CT molecular complexity index is 365. The lowest BCUT2D eigenvalue weighted by Gasteiger charge is -2.20. The molecule has 1 aromatic carbocycles. The normalized spacial score (nSPS) is 16.1. The lowest BCUT2D eigenvalue weighted by atomic mass is 9.98. The van der Waals surface area contributed by atoms with Crippen molar-refractivity contribution < 1.29 is 5.11 Å². The Morgan fingerprint density at radius 3 is 3.18 bits per heavy atom. The van der Waals surface area contributed by atoms with Gasteiger partial charge in [0, 0.05) is 24.8 Å². The number of aliphatic hydroxyl groups excluding tert-OH is 1. The molecule has 0 saturated heterocycles. The number of rotatable bonds is 5. The third-order valence-electron chi connectivity index (χ3n) is 3.25. The Kier molecular flexibility index (Phi) is 4.40. The smallest absolute Gasteiger partial charge is 0.0556 e. The quantitative estimate of drug-likeness (QED) is 0.724. The average Bonchev–Trinajstić information content (AvgIpc) is 2.36. The molecule has 0 aromatic heterocycles. The maximum Gasteiger partial charge on any atom is 0.0556 e. The standard InChI is InChI=1S/C14H22N2O/c1-11(15-7-8-17)9-12-4-5-14-13(10-12)3-2-6-16-14/h4-5,10-11,15-17H,2-3,6-9H2,1H3. The lowest BCUT2D eigenvalue weighted by molar-refractivity contribution is 0.285. The summed E-state index contributed by atoms with van der Waals surface area (Å²) in [6, 6.07) is 7.13. The minimum absolute atomic E-state index is 0.207. The fourth-order valence-electron chi connectivity index (χ4n) is 2.39. The van der Waals surface area contributed by atoms with Crippen LogP contribution in [0.2, 0.25) is 0 Å². The van der Waals surface area contributed by atoms with Gasteiger partial charge in [0.05, 0.1) is 6.61 Å². The molecule has 3 N–H and O–H groups in total. The fourth-order valence-corrected chi connectivity index (χ4v) is 2.39. The van der Waals surface area contributed by atoms with Gasteiger partial charge in [-0.1, -0.05) is 12.1 Å². The Morgan fingerprint density at radius 2 is 2.35 bits per heavy atom. The maximum absolute atomic E-state index is 8.77. The Morgan fingerprint density at radius 1 is 1.47 bits per heavy atom. The third kappa shape index (κ3) is 3.45. The molecule has 94 valence electrons. The zero-order valence-electron chi connectivity index (χ0n) is 10.5. The van der Waals surface area contributed by atoms with E-state index in [4.69, 9.17) is 5.11 Å². The van der Waals surface area contributed by atoms with Crippen LogP contribution in [0.25, 0.3) is 0 Å². The Hall–Kier alpha value is -1.06. The first-order valence-corrected chi connectivity index (χ1v) is 6.49. The zero-order chi connectivity index (χ0) is 12.1. The van der Waals surface area contributed by atoms with Crippen LogP contribution in [0.4, 0.5) is 5.69 Å². The molecule has 2 rings (SSSR count). The monoisotopic (exact) mass is 234 g/mol. The molecule has 1 aliphatic heterocycles. The summed E-state index contributed by atoms with van der Waals surface area (Å²) in [5.74, 6) is 0. The van der Waals surface area contributed by atoms with Gasteiger partial charge < -0.3 is 15.7 Å². The molecular formula is C14H22N2O. The highest BCUT2D eigenvalue weighted by molar-refractivity contribution is 5.54. The van der Waals surface area contributed by atoms with Crippen LogP contribution in [0.5, 0.6) is 0 Å². The topological polar surface area (TPSA) is 44.3 Å². The molecule has 3 heteroatoms. The molecule has 0 aliphatic carbocycles. The van der Waals surface area contributed by atoms with Gasteiger partial charge in [0.25, 0.3) is 0 Å². The lowest BCUT2D eigenvalue weighted by Crippen LogP contribution is -2.30. The molecule has 17 heavy (non-hydrogen) atoms. The second kappa shape index (κ2) is 6.03. The van der Waals surface area contributed by atoms with Crippen molar-refractivity contribution in [3.8, 4) is 0 Å². The van der Waals surface area contributed by atoms with Crippen molar-refractivity contribution in [3.05, 3.63) is 29.3 Å². The molecular weight excluding hydrogens is 212 g/mol. The number of hydrogen-bond acceptors (Lipinski definition) is 3. The van der Waals surface area contributed by atoms with Gasteiger partial charge in [-0.25, -0.2) is 0 Å². The van der Waals surface area contributed by atoms with E-state index in [1.54, 1.807) is 0 Å². The minimum atomic E-state index is 0.207. The second-order valence-electron chi connectivity index (χ2n) is 4.80. The van der Waals surface area contributed by atoms with Gasteiger partial charge in [0.15, 0.2) is 0 Å². The van der Waals surface area contributed by atoms with Gasteiger partial charge >= 0.3 is 0 Å². The van der Waals surface area contributed by atoms with E-state index < -0.39 is 0 Å². The maximum atomic E-state index is 8.77. The predicted molar refractivity (Wildman–Crippen MR) is 71.5 cm³/mol. The number of nitrogens with one attached hydrogen (secondary N) is 2. The summed E-state index contributed by atoms with van der Waals surface area (Å²) in [6.07, 6.45) is 3.44. The van der Waals surface area contributed by atoms with E-state index >= 15 is 0 Å². The molecule has 1 aromatic rings. The van der Waals surface area contributed by atoms with Gasteiger partial charge in [0.1, 0.15) is 0 Å². The van der Waals surface area contributed by atoms with Crippen molar-refractivity contribution in [1.82, 2.24) is 5.32 Å². The molecule has 1 unspecified atom stereocenters. The predicted octanol–water partition coefficient (Wildman–Crippen LogP) is 1.56. The molecule has 0 fully saturated rings. The first-order chi connectivity index (χ1) is 8.29. The minimum Gasteiger partial charge on any atom is -0.395 e. The van der Waals surface area contributed by atoms with E-state index in [1.165, 1.54) is 29.7 Å². The summed E-state index contributed by atoms with van der Waals surface area (Å²) in [5.41, 5.74) is 4.13. The van der Waals surface area contributed by atoms with Crippen molar-refractivity contribution in [2.75, 3.05) is 25.0 Å². The van der Waals surface area contributed by atoms with Gasteiger partial charge in [0.2, 0.25) is 0 Å². The van der Waals surface area contributed by atoms with E-state index in [0.29, 0.717) is 12.6 Å². The average molecular weight is 234 g/mol. The number of benzene rings is 1. The molecule has 0 bridgehead atoms. The van der Waals surface area contributed by atoms with E-state index in [2.05, 4.69) is 35.8 Å². The molecule has 1 atom stereocenters. The molecule has 1 heterocycles. The van der Waals surface area contributed by atoms with Gasteiger partial charge in [-0.05, 0) is 43.4 Å². The summed E-state index contributed by atoms with van der Waals surface area (Å²) in [4.78, 5) is 0. The van der Waals surface area contributed by atoms with E-state index in [0.717, 1.165) is 13.0 Å². The molecule has 0 spiro atoms. The second-order valence-corrected chi connectivity index (χ2v) is 4.80. The summed E-state index contributed by atoms with van der Waals surface area (Å²) in [6.45, 7) is 4.14. The zero-order valence-corrected chi connectivity index (χ0v) is 10.5. The van der Waals surface area contributed by atoms with Crippen LogP contribution >= 0.6 is 0 Å². The van der Waals surface area contributed by atoms with Crippen molar-refractivity contribution in [2.45, 2.75) is 32.2 Å². The number of hydrogen-bond donors (Lipinski definition) is 3. The van der Waals surface area contributed by atoms with Crippen molar-refractivity contribution in [1.29, 1.82) is 0 Å². The highest BCUT2D eigenvalue weighted by Crippen LogP contribution is 2.23. The van der Waals surface area contributed by atoms with Gasteiger partial charge in [-0.2, -0.15) is 0 Å². The van der Waals surface area contributed by atoms with Crippen LogP contribution in [0.1, 0.15) is 24.5 Å². The molecule has 1 aliphatic rings. The van der Waals surface area contributed by atoms with E-state index in [-0.39, 0.29) is 6.61 Å². The molecule has 0 amide bonds. The Balaban J connectivity index is 1.97. The third-order valence-corrected chi connectivity index (χ3v) is 3.25. The highest BCUT2D eigenvalue weighted by atomic mass is 16.3. The molecule has 0 saturated carbocycles. The van der Waals surface area contributed by atoms with E-state index in [9.17, 15) is 0 Å². The molecule has 3 nitrogen and oxygen atoms in total. The first-order valence-electron chi connectivity index (χ1n) is 6.49. The largest absolute Gasteiger partial charge is 0.395 e. The first kappa shape index (κ1) is 12.4. The number of anilines is 1. The summed E-state index contributed by atoms with van der Waals surface area (Å²) in [7, 11) is 0. The SMILES string of the molecule is CC(Cc1ccc2c(c1)CCCN2)NCCO. The van der Waals surface area contributed by atoms with Crippen molar-refractivity contribution >= 4 is 5.69 Å². The Labute approximate surface area is 103 Å². The summed E-state index contributed by atoms with van der Waals surface area (Å²) < 4.78 is 0. The van der Waals surface area contributed by atoms with E-state index in [1.807, 2.05) is 0 Å². The van der Waals surface area contributed by atoms with Crippen molar-refractivity contribution in [2.24, 2.45) is 0 Å². The highest BCUT2D eigenvalue weighted by Gasteiger charge is 2.10. The molecule has 0 radical (unpaired) electrons. The fraction of sp³-hybridized carbons (Fsp3) is 0.571. The van der Waals surface area contributed by atoms with Gasteiger partial charge in [-0.3, -0.25) is 0 Å². The number of fused-ring (bicyclic) bond motifs is 1. The number of aliphatic hydroxyl groups is 1. The summed E-state index contributed by atoms with van der Waals surface area (Å²) >= 11 is 0. The number of aryl methyl sites for hydroxylation is 1. The van der Waals surface area contributed by atoms with Crippen LogP contribution in [0.15, 0.2) is 18.2 Å². The van der Waals surface area contributed by atoms with Crippen LogP contribution < -0.4 is 10.6 Å². The van der Waals surface area contributed by atoms with Crippen LogP contribution in [-0.2, 0) is 12.8 Å².